The summed E-state index contributed by atoms with van der Waals surface area (Å²) >= 11 is 0. The van der Waals surface area contributed by atoms with Crippen molar-refractivity contribution in [2.45, 2.75) is 18.9 Å². The Bertz CT molecular complexity index is 1340. The number of primary amides is 1. The number of oxazole rings is 1. The summed E-state index contributed by atoms with van der Waals surface area (Å²) < 4.78 is 11.1. The van der Waals surface area contributed by atoms with E-state index in [2.05, 4.69) is 15.1 Å². The highest BCUT2D eigenvalue weighted by Gasteiger charge is 2.39. The van der Waals surface area contributed by atoms with Crippen LogP contribution >= 0.6 is 0 Å². The van der Waals surface area contributed by atoms with Crippen LogP contribution in [0.25, 0.3) is 33.8 Å². The lowest BCUT2D eigenvalue weighted by Gasteiger charge is -2.18. The Hall–Kier alpha value is -3.82. The fourth-order valence-corrected chi connectivity index (χ4v) is 4.09. The average Bonchev–Trinajstić information content (AvgIpc) is 3.54. The van der Waals surface area contributed by atoms with E-state index in [4.69, 9.17) is 14.7 Å². The van der Waals surface area contributed by atoms with Gasteiger partial charge in [-0.25, -0.2) is 9.97 Å². The normalized spacial score (nSPS) is 18.6. The van der Waals surface area contributed by atoms with Crippen molar-refractivity contribution in [2.24, 2.45) is 5.73 Å². The molecule has 33 heavy (non-hydrogen) atoms. The predicted molar refractivity (Wildman–Crippen MR) is 120 cm³/mol. The highest BCUT2D eigenvalue weighted by Crippen LogP contribution is 2.34. The van der Waals surface area contributed by atoms with Crippen molar-refractivity contribution in [1.82, 2.24) is 20.0 Å². The molecule has 3 aromatic heterocycles. The summed E-state index contributed by atoms with van der Waals surface area (Å²) in [5.41, 5.74) is 7.96. The quantitative estimate of drug-likeness (QED) is 0.479. The van der Waals surface area contributed by atoms with Gasteiger partial charge in [0, 0.05) is 42.8 Å². The lowest BCUT2D eigenvalue weighted by Crippen LogP contribution is -2.28. The van der Waals surface area contributed by atoms with E-state index in [-0.39, 0.29) is 5.69 Å². The van der Waals surface area contributed by atoms with Crippen LogP contribution in [0, 0.1) is 6.92 Å². The molecule has 0 radical (unpaired) electrons. The maximum absolute atomic E-state index is 11.9. The summed E-state index contributed by atoms with van der Waals surface area (Å²) in [4.78, 5) is 22.5. The Morgan fingerprint density at radius 1 is 1.15 bits per heavy atom. The fraction of sp³-hybridized carbons (Fsp3) is 0.250. The largest absolute Gasteiger partial charge is 0.441 e. The Morgan fingerprint density at radius 2 is 1.94 bits per heavy atom. The van der Waals surface area contributed by atoms with Crippen LogP contribution in [-0.4, -0.2) is 51.2 Å². The monoisotopic (exact) mass is 445 g/mol. The molecule has 1 saturated heterocycles. The zero-order chi connectivity index (χ0) is 23.2. The van der Waals surface area contributed by atoms with Gasteiger partial charge in [-0.3, -0.25) is 4.79 Å². The number of aromatic nitrogens is 3. The first-order valence-corrected chi connectivity index (χ1v) is 10.5. The number of carbonyl (C=O) groups excluding carboxylic acids is 1. The molecule has 0 aliphatic carbocycles. The second-order valence-corrected chi connectivity index (χ2v) is 8.41. The van der Waals surface area contributed by atoms with E-state index in [1.54, 1.807) is 25.3 Å². The molecule has 9 nitrogen and oxygen atoms in total. The van der Waals surface area contributed by atoms with E-state index in [9.17, 15) is 9.90 Å². The Morgan fingerprint density at radius 3 is 2.61 bits per heavy atom. The number of pyridine rings is 1. The van der Waals surface area contributed by atoms with E-state index >= 15 is 0 Å². The molecule has 0 saturated carbocycles. The number of nitrogens with zero attached hydrogens (tertiary/aromatic N) is 4. The molecule has 9 heteroatoms. The van der Waals surface area contributed by atoms with E-state index in [0.29, 0.717) is 47.3 Å². The van der Waals surface area contributed by atoms with Gasteiger partial charge >= 0.3 is 0 Å². The van der Waals surface area contributed by atoms with E-state index in [1.807, 2.05) is 42.3 Å². The summed E-state index contributed by atoms with van der Waals surface area (Å²) in [5.74, 6) is 0.846. The molecule has 4 aromatic rings. The molecule has 1 aliphatic rings. The minimum Gasteiger partial charge on any atom is -0.441 e. The minimum atomic E-state index is -1.04. The van der Waals surface area contributed by atoms with Crippen molar-refractivity contribution in [3.05, 3.63) is 66.0 Å². The van der Waals surface area contributed by atoms with Gasteiger partial charge in [0.1, 0.15) is 17.0 Å². The molecular formula is C24H23N5O4. The number of benzene rings is 1. The van der Waals surface area contributed by atoms with Gasteiger partial charge in [-0.1, -0.05) is 23.4 Å². The number of aliphatic hydroxyl groups is 1. The van der Waals surface area contributed by atoms with Crippen LogP contribution in [-0.2, 0) is 5.60 Å². The van der Waals surface area contributed by atoms with E-state index in [1.165, 1.54) is 0 Å². The number of hydrogen-bond donors (Lipinski definition) is 2. The van der Waals surface area contributed by atoms with Crippen LogP contribution in [0.15, 0.2) is 57.6 Å². The summed E-state index contributed by atoms with van der Waals surface area (Å²) in [6.07, 6.45) is 2.18. The third-order valence-corrected chi connectivity index (χ3v) is 5.85. The van der Waals surface area contributed by atoms with Gasteiger partial charge in [-0.2, -0.15) is 0 Å². The van der Waals surface area contributed by atoms with Crippen molar-refractivity contribution in [1.29, 1.82) is 0 Å². The molecule has 1 fully saturated rings. The summed E-state index contributed by atoms with van der Waals surface area (Å²) in [6, 6.07) is 12.7. The van der Waals surface area contributed by atoms with Crippen LogP contribution in [0.3, 0.4) is 0 Å². The Balaban J connectivity index is 1.52. The fourth-order valence-electron chi connectivity index (χ4n) is 4.09. The van der Waals surface area contributed by atoms with Gasteiger partial charge in [-0.15, -0.1) is 0 Å². The smallest absolute Gasteiger partial charge is 0.267 e. The van der Waals surface area contributed by atoms with Crippen molar-refractivity contribution in [3.63, 3.8) is 0 Å². The third-order valence-electron chi connectivity index (χ3n) is 5.85. The molecule has 1 atom stereocenters. The van der Waals surface area contributed by atoms with Gasteiger partial charge in [0.25, 0.3) is 5.91 Å². The highest BCUT2D eigenvalue weighted by atomic mass is 16.5. The van der Waals surface area contributed by atoms with Crippen LogP contribution in [0.4, 0.5) is 0 Å². The first-order valence-electron chi connectivity index (χ1n) is 10.5. The highest BCUT2D eigenvalue weighted by molar-refractivity contribution is 5.93. The molecule has 5 rings (SSSR count). The predicted octanol–water partition coefficient (Wildman–Crippen LogP) is 2.99. The molecule has 168 valence electrons. The molecule has 1 aromatic carbocycles. The van der Waals surface area contributed by atoms with Crippen molar-refractivity contribution in [3.8, 4) is 33.8 Å². The summed E-state index contributed by atoms with van der Waals surface area (Å²) in [7, 11) is 1.96. The van der Waals surface area contributed by atoms with Gasteiger partial charge in [0.05, 0.1) is 11.9 Å². The molecule has 3 N–H and O–H groups in total. The summed E-state index contributed by atoms with van der Waals surface area (Å²) in [6.45, 7) is 3.03. The molecule has 0 unspecified atom stereocenters. The number of likely N-dealkylation sites (N-methyl/N-ethyl adjacent to an activating group) is 1. The third kappa shape index (κ3) is 4.04. The summed E-state index contributed by atoms with van der Waals surface area (Å²) in [5, 5.41) is 15.1. The number of rotatable bonds is 5. The van der Waals surface area contributed by atoms with Gasteiger partial charge in [-0.05, 0) is 31.7 Å². The maximum atomic E-state index is 11.9. The molecule has 0 spiro atoms. The topological polar surface area (TPSA) is 132 Å². The zero-order valence-electron chi connectivity index (χ0n) is 18.3. The van der Waals surface area contributed by atoms with E-state index in [0.717, 1.165) is 17.7 Å². The zero-order valence-corrected chi connectivity index (χ0v) is 18.3. The second kappa shape index (κ2) is 7.95. The van der Waals surface area contributed by atoms with Gasteiger partial charge in [0.15, 0.2) is 17.4 Å². The van der Waals surface area contributed by atoms with Crippen molar-refractivity contribution < 1.29 is 18.8 Å². The molecule has 1 aliphatic heterocycles. The number of carbonyl (C=O) groups is 1. The lowest BCUT2D eigenvalue weighted by atomic mass is 9.98. The van der Waals surface area contributed by atoms with Crippen molar-refractivity contribution >= 4 is 5.91 Å². The first kappa shape index (κ1) is 21.0. The molecule has 0 bridgehead atoms. The van der Waals surface area contributed by atoms with Gasteiger partial charge < -0.3 is 24.7 Å². The van der Waals surface area contributed by atoms with Gasteiger partial charge in [0.2, 0.25) is 0 Å². The second-order valence-electron chi connectivity index (χ2n) is 8.41. The lowest BCUT2D eigenvalue weighted by molar-refractivity contribution is 0.0211. The van der Waals surface area contributed by atoms with Crippen LogP contribution < -0.4 is 5.73 Å². The molecule has 4 heterocycles. The number of β-amino-alcohol motifs (C(OH)–C–C–N with tert-alkyl or cyclic N) is 1. The standard InChI is InChI=1S/C24H23N5O4/c1-14-26-12-21(32-14)17-9-18(27-20(10-17)23(25)30)15-4-3-5-16(8-15)19-11-22(33-28-19)24(31)6-7-29(2)13-24/h3-5,8-12,31H,6-7,13H2,1-2H3,(H2,25,30)/t24-/m0/s1. The average molecular weight is 445 g/mol. The molecule has 1 amide bonds. The number of aryl methyl sites for hydroxylation is 1. The van der Waals surface area contributed by atoms with Crippen molar-refractivity contribution in [2.75, 3.05) is 20.1 Å². The first-order chi connectivity index (χ1) is 15.8. The molecular weight excluding hydrogens is 422 g/mol. The SMILES string of the molecule is Cc1ncc(-c2cc(C(N)=O)nc(-c3cccc(-c4cc([C@]5(O)CCN(C)C5)on4)c3)c2)o1. The van der Waals surface area contributed by atoms with Crippen LogP contribution in [0.2, 0.25) is 0 Å². The minimum absolute atomic E-state index is 0.123. The van der Waals surface area contributed by atoms with Crippen LogP contribution in [0.1, 0.15) is 28.6 Å². The van der Waals surface area contributed by atoms with Crippen LogP contribution in [0.5, 0.6) is 0 Å². The number of hydrogen-bond acceptors (Lipinski definition) is 8. The Kier molecular flexibility index (Phi) is 5.07. The maximum Gasteiger partial charge on any atom is 0.267 e. The number of nitrogens with two attached hydrogens (primary N) is 1. The van der Waals surface area contributed by atoms with E-state index < -0.39 is 11.5 Å². The Labute approximate surface area is 189 Å². The number of amides is 1. The number of likely N-dealkylation sites (tertiary alicyclic amines) is 1.